The molecule has 1 N–H and O–H groups in total. The largest absolute Gasteiger partial charge is 0.371 e. The number of pyridine rings is 2. The summed E-state index contributed by atoms with van der Waals surface area (Å²) in [5, 5.41) is 5.45. The fraction of sp³-hybridized carbons (Fsp3) is 0.333. The number of imide groups is 2. The van der Waals surface area contributed by atoms with Crippen LogP contribution in [0.25, 0.3) is 32.9 Å². The van der Waals surface area contributed by atoms with E-state index >= 15 is 0 Å². The minimum Gasteiger partial charge on any atom is -0.371 e. The fourth-order valence-corrected chi connectivity index (χ4v) is 8.30. The number of rotatable bonds is 7. The number of urea groups is 1. The van der Waals surface area contributed by atoms with Gasteiger partial charge in [-0.15, -0.1) is 0 Å². The molecule has 0 unspecified atom stereocenters. The lowest BCUT2D eigenvalue weighted by molar-refractivity contribution is -0.122. The third kappa shape index (κ3) is 5.88. The fourth-order valence-electron chi connectivity index (χ4n) is 8.30. The first-order valence-corrected chi connectivity index (χ1v) is 18.2. The van der Waals surface area contributed by atoms with Crippen molar-refractivity contribution in [2.45, 2.75) is 25.8 Å². The van der Waals surface area contributed by atoms with Gasteiger partial charge in [0.25, 0.3) is 11.8 Å². The molecule has 0 spiro atoms. The van der Waals surface area contributed by atoms with E-state index in [-0.39, 0.29) is 24.1 Å². The van der Waals surface area contributed by atoms with Crippen LogP contribution in [0, 0.1) is 5.92 Å². The Kier molecular flexibility index (Phi) is 8.44. The van der Waals surface area contributed by atoms with Gasteiger partial charge < -0.3 is 9.80 Å². The molecular formula is C39H37F2N9O4. The number of fused-ring (bicyclic) bond motifs is 4. The summed E-state index contributed by atoms with van der Waals surface area (Å²) in [5.41, 5.74) is 4.00. The summed E-state index contributed by atoms with van der Waals surface area (Å²) in [7, 11) is 0. The smallest absolute Gasteiger partial charge is 0.343 e. The van der Waals surface area contributed by atoms with Gasteiger partial charge in [0.15, 0.2) is 0 Å². The maximum absolute atomic E-state index is 14.1. The third-order valence-electron chi connectivity index (χ3n) is 11.2. The molecule has 2 aromatic carbocycles. The molecule has 5 amide bonds. The number of halogens is 2. The number of hydrogen-bond acceptors (Lipinski definition) is 9. The van der Waals surface area contributed by atoms with E-state index in [0.717, 1.165) is 101 Å². The number of carbonyl (C=O) groups is 4. The maximum atomic E-state index is 14.1. The summed E-state index contributed by atoms with van der Waals surface area (Å²) < 4.78 is 29.3. The molecular weight excluding hydrogens is 696 g/mol. The van der Waals surface area contributed by atoms with E-state index in [1.165, 1.54) is 6.20 Å². The molecule has 3 saturated heterocycles. The van der Waals surface area contributed by atoms with Gasteiger partial charge in [0, 0.05) is 92.8 Å². The van der Waals surface area contributed by atoms with Gasteiger partial charge in [-0.3, -0.25) is 34.2 Å². The van der Waals surface area contributed by atoms with E-state index in [1.54, 1.807) is 30.5 Å². The molecule has 7 heterocycles. The van der Waals surface area contributed by atoms with Crippen LogP contribution in [-0.2, 0) is 4.79 Å². The van der Waals surface area contributed by atoms with Gasteiger partial charge in [-0.05, 0) is 66.8 Å². The van der Waals surface area contributed by atoms with Crippen molar-refractivity contribution in [1.29, 1.82) is 0 Å². The second kappa shape index (κ2) is 13.5. The number of aromatic nitrogens is 3. The highest BCUT2D eigenvalue weighted by atomic mass is 19.3. The number of alkyl halides is 2. The monoisotopic (exact) mass is 733 g/mol. The van der Waals surface area contributed by atoms with Crippen molar-refractivity contribution in [3.05, 3.63) is 84.3 Å². The van der Waals surface area contributed by atoms with Gasteiger partial charge in [-0.2, -0.15) is 13.8 Å². The standard InChI is InChI=1S/C39H37F2N9O4/c40-38(41)49-32-7-11-42-22-31(32)28-4-1-25(19-33(28)49)26-2-6-34(43-21-26)47-17-15-45(16-18-47)23-24-8-12-46(13-9-24)27-3-5-29-30(20-27)37(53)50(36(29)52)48-14-10-35(51)44-39(48)54/h1-7,11,19-22,24,38H,8-10,12-18,23H2,(H,44,51,54). The Morgan fingerprint density at radius 3 is 2.26 bits per heavy atom. The van der Waals surface area contributed by atoms with Gasteiger partial charge in [0.05, 0.1) is 28.7 Å². The summed E-state index contributed by atoms with van der Waals surface area (Å²) in [5.74, 6) is -0.130. The number of hydrazine groups is 1. The molecule has 9 rings (SSSR count). The quantitative estimate of drug-likeness (QED) is 0.227. The van der Waals surface area contributed by atoms with Crippen LogP contribution in [0.3, 0.4) is 0 Å². The van der Waals surface area contributed by atoms with Crippen LogP contribution in [0.5, 0.6) is 0 Å². The topological polar surface area (TPSA) is 127 Å². The normalized spacial score (nSPS) is 18.8. The first-order chi connectivity index (χ1) is 26.2. The van der Waals surface area contributed by atoms with E-state index in [2.05, 4.69) is 25.0 Å². The molecule has 0 bridgehead atoms. The molecule has 15 heteroatoms. The zero-order valence-corrected chi connectivity index (χ0v) is 29.3. The molecule has 13 nitrogen and oxygen atoms in total. The van der Waals surface area contributed by atoms with Crippen LogP contribution in [0.1, 0.15) is 46.5 Å². The molecule has 4 aliphatic rings. The average molecular weight is 734 g/mol. The Morgan fingerprint density at radius 2 is 1.52 bits per heavy atom. The van der Waals surface area contributed by atoms with Gasteiger partial charge in [-0.25, -0.2) is 14.8 Å². The first-order valence-electron chi connectivity index (χ1n) is 18.2. The van der Waals surface area contributed by atoms with Gasteiger partial charge in [0.2, 0.25) is 5.91 Å². The Bertz CT molecular complexity index is 2310. The Morgan fingerprint density at radius 1 is 0.741 bits per heavy atom. The van der Waals surface area contributed by atoms with Crippen molar-refractivity contribution in [2.24, 2.45) is 5.92 Å². The van der Waals surface area contributed by atoms with E-state index in [4.69, 9.17) is 4.98 Å². The number of anilines is 2. The Labute approximate surface area is 308 Å². The third-order valence-corrected chi connectivity index (χ3v) is 11.2. The SMILES string of the molecule is O=C1CCN(N2C(=O)c3ccc(N4CCC(CN5CCN(c6ccc(-c7ccc8c9cnccc9n(C(F)F)c8c7)cn6)CC5)CC4)cc3C2=O)C(=O)N1. The van der Waals surface area contributed by atoms with Crippen molar-refractivity contribution in [3.63, 3.8) is 0 Å². The number of piperazine rings is 1. The molecule has 3 fully saturated rings. The predicted octanol–water partition coefficient (Wildman–Crippen LogP) is 5.14. The summed E-state index contributed by atoms with van der Waals surface area (Å²) in [6.07, 6.45) is 6.99. The van der Waals surface area contributed by atoms with E-state index < -0.39 is 30.3 Å². The summed E-state index contributed by atoms with van der Waals surface area (Å²) >= 11 is 0. The summed E-state index contributed by atoms with van der Waals surface area (Å²) in [4.78, 5) is 66.2. The van der Waals surface area contributed by atoms with Crippen molar-refractivity contribution in [3.8, 4) is 11.1 Å². The zero-order valence-electron chi connectivity index (χ0n) is 29.3. The van der Waals surface area contributed by atoms with Crippen LogP contribution in [0.2, 0.25) is 0 Å². The highest BCUT2D eigenvalue weighted by molar-refractivity contribution is 6.22. The van der Waals surface area contributed by atoms with Crippen LogP contribution in [0.15, 0.2) is 73.2 Å². The molecule has 54 heavy (non-hydrogen) atoms. The molecule has 0 atom stereocenters. The van der Waals surface area contributed by atoms with Crippen molar-refractivity contribution in [2.75, 3.05) is 62.2 Å². The second-order valence-corrected chi connectivity index (χ2v) is 14.3. The van der Waals surface area contributed by atoms with Crippen LogP contribution < -0.4 is 15.1 Å². The molecule has 276 valence electrons. The highest BCUT2D eigenvalue weighted by Gasteiger charge is 2.43. The Balaban J connectivity index is 0.782. The van der Waals surface area contributed by atoms with Crippen molar-refractivity contribution >= 4 is 57.1 Å². The molecule has 3 aromatic heterocycles. The predicted molar refractivity (Wildman–Crippen MR) is 197 cm³/mol. The molecule has 0 aliphatic carbocycles. The number of piperidine rings is 1. The van der Waals surface area contributed by atoms with E-state index in [9.17, 15) is 28.0 Å². The number of benzene rings is 2. The van der Waals surface area contributed by atoms with E-state index in [0.29, 0.717) is 22.3 Å². The number of amides is 5. The van der Waals surface area contributed by atoms with Crippen molar-refractivity contribution in [1.82, 2.24) is 34.8 Å². The van der Waals surface area contributed by atoms with Crippen LogP contribution >= 0.6 is 0 Å². The highest BCUT2D eigenvalue weighted by Crippen LogP contribution is 2.36. The van der Waals surface area contributed by atoms with Crippen LogP contribution in [0.4, 0.5) is 25.1 Å². The summed E-state index contributed by atoms with van der Waals surface area (Å²) in [6.45, 7) is 3.52. The van der Waals surface area contributed by atoms with Crippen LogP contribution in [-0.4, -0.2) is 106 Å². The number of hydrogen-bond donors (Lipinski definition) is 1. The number of carbonyl (C=O) groups excluding carboxylic acids is 4. The van der Waals surface area contributed by atoms with E-state index in [1.807, 2.05) is 36.5 Å². The molecule has 4 aliphatic heterocycles. The minimum atomic E-state index is -2.67. The van der Waals surface area contributed by atoms with Gasteiger partial charge >= 0.3 is 12.6 Å². The first kappa shape index (κ1) is 33.8. The second-order valence-electron chi connectivity index (χ2n) is 14.3. The Hall–Kier alpha value is -5.96. The van der Waals surface area contributed by atoms with Crippen molar-refractivity contribution < 1.29 is 28.0 Å². The molecule has 0 saturated carbocycles. The maximum Gasteiger partial charge on any atom is 0.343 e. The lowest BCUT2D eigenvalue weighted by Gasteiger charge is -2.39. The lowest BCUT2D eigenvalue weighted by Crippen LogP contribution is -2.58. The minimum absolute atomic E-state index is 0.0152. The number of nitrogens with zero attached hydrogens (tertiary/aromatic N) is 8. The average Bonchev–Trinajstić information content (AvgIpc) is 3.65. The van der Waals surface area contributed by atoms with Gasteiger partial charge in [0.1, 0.15) is 5.82 Å². The lowest BCUT2D eigenvalue weighted by atomic mass is 9.95. The summed E-state index contributed by atoms with van der Waals surface area (Å²) in [6, 6.07) is 15.7. The molecule has 5 aromatic rings. The number of nitrogens with one attached hydrogen (secondary N) is 1. The zero-order chi connectivity index (χ0) is 37.1. The molecule has 0 radical (unpaired) electrons. The van der Waals surface area contributed by atoms with Gasteiger partial charge in [-0.1, -0.05) is 12.1 Å².